The van der Waals surface area contributed by atoms with E-state index in [9.17, 15) is 5.11 Å². The quantitative estimate of drug-likeness (QED) is 0.777. The molecule has 4 rings (SSSR count). The van der Waals surface area contributed by atoms with Crippen molar-refractivity contribution in [3.8, 4) is 5.75 Å². The van der Waals surface area contributed by atoms with Crippen molar-refractivity contribution in [1.29, 1.82) is 0 Å². The molecule has 108 valence electrons. The third-order valence-corrected chi connectivity index (χ3v) is 6.24. The van der Waals surface area contributed by atoms with Gasteiger partial charge in [0.1, 0.15) is 5.75 Å². The number of hydrogen-bond donors (Lipinski definition) is 2. The van der Waals surface area contributed by atoms with Crippen LogP contribution in [-0.2, 0) is 12.8 Å². The van der Waals surface area contributed by atoms with Crippen LogP contribution in [0.4, 0.5) is 5.69 Å². The van der Waals surface area contributed by atoms with Gasteiger partial charge in [-0.3, -0.25) is 4.31 Å². The van der Waals surface area contributed by atoms with Crippen molar-refractivity contribution in [3.63, 3.8) is 0 Å². The van der Waals surface area contributed by atoms with E-state index in [2.05, 4.69) is 15.1 Å². The number of fused-ring (bicyclic) bond motifs is 1. The Balaban J connectivity index is 1.68. The summed E-state index contributed by atoms with van der Waals surface area (Å²) in [5.74, 6) is 0.447. The van der Waals surface area contributed by atoms with Gasteiger partial charge in [-0.1, -0.05) is 12.8 Å². The van der Waals surface area contributed by atoms with Crippen LogP contribution in [0.25, 0.3) is 0 Å². The molecule has 0 aromatic heterocycles. The predicted octanol–water partition coefficient (Wildman–Crippen LogP) is 3.41. The highest BCUT2D eigenvalue weighted by Crippen LogP contribution is 2.49. The van der Waals surface area contributed by atoms with E-state index < -0.39 is 0 Å². The minimum absolute atomic E-state index is 0.447. The van der Waals surface area contributed by atoms with Crippen LogP contribution in [0.3, 0.4) is 0 Å². The summed E-state index contributed by atoms with van der Waals surface area (Å²) in [4.78, 5) is 0. The molecule has 4 heteroatoms. The zero-order valence-electron chi connectivity index (χ0n) is 11.8. The average Bonchev–Trinajstić information content (AvgIpc) is 3.11. The molecule has 20 heavy (non-hydrogen) atoms. The van der Waals surface area contributed by atoms with E-state index in [1.165, 1.54) is 49.7 Å². The van der Waals surface area contributed by atoms with E-state index in [0.29, 0.717) is 11.2 Å². The van der Waals surface area contributed by atoms with Crippen LogP contribution in [0, 0.1) is 5.41 Å². The summed E-state index contributed by atoms with van der Waals surface area (Å²) in [6.45, 7) is 1.94. The van der Waals surface area contributed by atoms with Gasteiger partial charge in [0.15, 0.2) is 0 Å². The van der Waals surface area contributed by atoms with Crippen molar-refractivity contribution in [3.05, 3.63) is 23.3 Å². The average molecular weight is 290 g/mol. The van der Waals surface area contributed by atoms with Crippen LogP contribution < -0.4 is 9.03 Å². The van der Waals surface area contributed by atoms with E-state index in [-0.39, 0.29) is 0 Å². The minimum Gasteiger partial charge on any atom is -0.506 e. The van der Waals surface area contributed by atoms with Gasteiger partial charge in [-0.25, -0.2) is 4.72 Å². The fourth-order valence-electron chi connectivity index (χ4n) is 4.19. The highest BCUT2D eigenvalue weighted by Gasteiger charge is 2.37. The summed E-state index contributed by atoms with van der Waals surface area (Å²) >= 11 is 1.61. The molecule has 1 saturated heterocycles. The summed E-state index contributed by atoms with van der Waals surface area (Å²) in [5, 5.41) is 10.3. The lowest BCUT2D eigenvalue weighted by Gasteiger charge is -2.35. The molecule has 1 aromatic rings. The maximum atomic E-state index is 10.3. The van der Waals surface area contributed by atoms with Gasteiger partial charge in [0.25, 0.3) is 0 Å². The molecule has 0 unspecified atom stereocenters. The lowest BCUT2D eigenvalue weighted by atomic mass is 9.70. The van der Waals surface area contributed by atoms with E-state index in [4.69, 9.17) is 0 Å². The minimum atomic E-state index is 0.447. The molecule has 3 nitrogen and oxygen atoms in total. The van der Waals surface area contributed by atoms with E-state index >= 15 is 0 Å². The molecule has 1 heterocycles. The molecule has 3 aliphatic rings. The second kappa shape index (κ2) is 4.85. The molecule has 1 aromatic carbocycles. The number of rotatable bonds is 1. The Labute approximate surface area is 125 Å². The van der Waals surface area contributed by atoms with Crippen LogP contribution in [-0.4, -0.2) is 18.2 Å². The van der Waals surface area contributed by atoms with Crippen molar-refractivity contribution >= 4 is 17.8 Å². The molecule has 2 fully saturated rings. The molecular weight excluding hydrogens is 268 g/mol. The molecule has 1 spiro atoms. The highest BCUT2D eigenvalue weighted by molar-refractivity contribution is 7.99. The second-order valence-corrected chi connectivity index (χ2v) is 7.49. The summed E-state index contributed by atoms with van der Waals surface area (Å²) in [6.07, 6.45) is 9.32. The SMILES string of the molecule is Oc1cc2c(cc1N1CCNS1)CC1(CCCC1)CC2. The number of aryl methyl sites for hydroxylation is 1. The monoisotopic (exact) mass is 290 g/mol. The predicted molar refractivity (Wildman–Crippen MR) is 84.0 cm³/mol. The van der Waals surface area contributed by atoms with Crippen molar-refractivity contribution in [2.24, 2.45) is 5.41 Å². The zero-order valence-corrected chi connectivity index (χ0v) is 12.6. The summed E-state index contributed by atoms with van der Waals surface area (Å²) < 4.78 is 5.43. The Morgan fingerprint density at radius 2 is 2.00 bits per heavy atom. The molecule has 1 saturated carbocycles. The van der Waals surface area contributed by atoms with Crippen molar-refractivity contribution in [2.45, 2.75) is 44.9 Å². The van der Waals surface area contributed by atoms with Crippen molar-refractivity contribution in [2.75, 3.05) is 17.4 Å². The zero-order chi connectivity index (χ0) is 13.6. The van der Waals surface area contributed by atoms with Crippen LogP contribution in [0.15, 0.2) is 12.1 Å². The number of anilines is 1. The second-order valence-electron chi connectivity index (χ2n) is 6.58. The molecule has 0 atom stereocenters. The molecule has 0 amide bonds. The van der Waals surface area contributed by atoms with Crippen molar-refractivity contribution in [1.82, 2.24) is 4.72 Å². The van der Waals surface area contributed by atoms with Crippen LogP contribution in [0.5, 0.6) is 5.75 Å². The van der Waals surface area contributed by atoms with E-state index in [1.54, 1.807) is 12.1 Å². The van der Waals surface area contributed by atoms with Gasteiger partial charge in [0.2, 0.25) is 0 Å². The van der Waals surface area contributed by atoms with Gasteiger partial charge >= 0.3 is 0 Å². The van der Waals surface area contributed by atoms with Gasteiger partial charge < -0.3 is 5.11 Å². The molecule has 0 bridgehead atoms. The first-order valence-corrected chi connectivity index (χ1v) is 8.55. The molecule has 2 aliphatic carbocycles. The topological polar surface area (TPSA) is 35.5 Å². The Morgan fingerprint density at radius 3 is 2.75 bits per heavy atom. The van der Waals surface area contributed by atoms with E-state index in [0.717, 1.165) is 25.2 Å². The maximum absolute atomic E-state index is 10.3. The van der Waals surface area contributed by atoms with E-state index in [1.807, 2.05) is 6.07 Å². The first-order valence-electron chi connectivity index (χ1n) is 7.78. The van der Waals surface area contributed by atoms with Crippen LogP contribution in [0.2, 0.25) is 0 Å². The first kappa shape index (κ1) is 12.8. The lowest BCUT2D eigenvalue weighted by molar-refractivity contribution is 0.254. The highest BCUT2D eigenvalue weighted by atomic mass is 32.2. The third-order valence-electron chi connectivity index (χ3n) is 5.31. The summed E-state index contributed by atoms with van der Waals surface area (Å²) in [5.41, 5.74) is 4.44. The number of benzene rings is 1. The fraction of sp³-hybridized carbons (Fsp3) is 0.625. The molecular formula is C16H22N2OS. The number of hydrogen-bond acceptors (Lipinski definition) is 4. The molecule has 2 N–H and O–H groups in total. The van der Waals surface area contributed by atoms with Crippen molar-refractivity contribution < 1.29 is 5.11 Å². The smallest absolute Gasteiger partial charge is 0.140 e. The summed E-state index contributed by atoms with van der Waals surface area (Å²) in [7, 11) is 0. The lowest BCUT2D eigenvalue weighted by Crippen LogP contribution is -2.26. The number of phenols is 1. The standard InChI is InChI=1S/C16H22N2OS/c19-15-10-12-3-6-16(4-1-2-5-16)11-13(12)9-14(15)18-8-7-17-20-18/h9-10,17,19H,1-8,11H2. The van der Waals surface area contributed by atoms with Gasteiger partial charge in [-0.2, -0.15) is 0 Å². The van der Waals surface area contributed by atoms with Crippen LogP contribution >= 0.6 is 12.1 Å². The Hall–Kier alpha value is -0.870. The number of aromatic hydroxyl groups is 1. The fourth-order valence-corrected chi connectivity index (χ4v) is 4.96. The van der Waals surface area contributed by atoms with Gasteiger partial charge in [-0.05, 0) is 60.8 Å². The number of nitrogens with zero attached hydrogens (tertiary/aromatic N) is 1. The summed E-state index contributed by atoms with van der Waals surface area (Å²) in [6, 6.07) is 4.27. The largest absolute Gasteiger partial charge is 0.506 e. The number of phenolic OH excluding ortho intramolecular Hbond substituents is 1. The Kier molecular flexibility index (Phi) is 3.11. The van der Waals surface area contributed by atoms with Gasteiger partial charge in [0.05, 0.1) is 5.69 Å². The Bertz CT molecular complexity index is 519. The van der Waals surface area contributed by atoms with Gasteiger partial charge in [0, 0.05) is 25.2 Å². The van der Waals surface area contributed by atoms with Gasteiger partial charge in [-0.15, -0.1) is 0 Å². The Morgan fingerprint density at radius 1 is 1.15 bits per heavy atom. The number of nitrogens with one attached hydrogen (secondary N) is 1. The third kappa shape index (κ3) is 2.09. The maximum Gasteiger partial charge on any atom is 0.140 e. The molecule has 1 aliphatic heterocycles. The normalized spacial score (nSPS) is 24.3. The molecule has 0 radical (unpaired) electrons. The first-order chi connectivity index (χ1) is 9.76. The van der Waals surface area contributed by atoms with Crippen LogP contribution in [0.1, 0.15) is 43.2 Å².